The number of nitrogen functional groups attached to an aromatic ring is 1. The molecule has 0 aliphatic rings. The van der Waals surface area contributed by atoms with Crippen LogP contribution in [0, 0.1) is 0 Å². The number of hydrogen-bond acceptors (Lipinski definition) is 3. The van der Waals surface area contributed by atoms with Crippen LogP contribution in [0.2, 0.25) is 0 Å². The number of nitrogens with zero attached hydrogens (tertiary/aromatic N) is 1. The van der Waals surface area contributed by atoms with Crippen molar-refractivity contribution < 1.29 is 9.59 Å². The lowest BCUT2D eigenvalue weighted by Gasteiger charge is -2.18. The van der Waals surface area contributed by atoms with Gasteiger partial charge in [-0.25, -0.2) is 0 Å². The highest BCUT2D eigenvalue weighted by Gasteiger charge is 2.13. The Morgan fingerprint density at radius 3 is 2.41 bits per heavy atom. The zero-order valence-corrected chi connectivity index (χ0v) is 16.5. The van der Waals surface area contributed by atoms with Crippen molar-refractivity contribution in [3.63, 3.8) is 0 Å². The molecule has 0 heterocycles. The van der Waals surface area contributed by atoms with Crippen molar-refractivity contribution in [3.8, 4) is 0 Å². The van der Waals surface area contributed by atoms with Crippen molar-refractivity contribution in [1.82, 2.24) is 4.90 Å². The molecule has 0 unspecified atom stereocenters. The van der Waals surface area contributed by atoms with Crippen molar-refractivity contribution in [3.05, 3.63) is 95.6 Å². The van der Waals surface area contributed by atoms with Crippen LogP contribution in [0.5, 0.6) is 0 Å². The Kier molecular flexibility index (Phi) is 6.63. The largest absolute Gasteiger partial charge is 0.399 e. The Morgan fingerprint density at radius 1 is 0.931 bits per heavy atom. The molecular weight excluding hydrogens is 362 g/mol. The third-order valence-corrected chi connectivity index (χ3v) is 4.68. The molecule has 0 atom stereocenters. The second-order valence-electron chi connectivity index (χ2n) is 6.97. The maximum Gasteiger partial charge on any atom is 0.253 e. The fraction of sp³-hybridized carbons (Fsp3) is 0.167. The lowest BCUT2D eigenvalue weighted by atomic mass is 10.1. The number of nitrogens with one attached hydrogen (secondary N) is 1. The van der Waals surface area contributed by atoms with Gasteiger partial charge in [-0.3, -0.25) is 9.59 Å². The Morgan fingerprint density at radius 2 is 1.66 bits per heavy atom. The van der Waals surface area contributed by atoms with E-state index in [9.17, 15) is 9.59 Å². The van der Waals surface area contributed by atoms with E-state index in [4.69, 9.17) is 5.73 Å². The van der Waals surface area contributed by atoms with Gasteiger partial charge in [0.25, 0.3) is 5.91 Å². The molecule has 29 heavy (non-hydrogen) atoms. The molecule has 5 heteroatoms. The van der Waals surface area contributed by atoms with E-state index in [-0.39, 0.29) is 11.8 Å². The van der Waals surface area contributed by atoms with Crippen LogP contribution in [0.3, 0.4) is 0 Å². The molecule has 0 aliphatic heterocycles. The monoisotopic (exact) mass is 387 g/mol. The Labute approximate surface area is 171 Å². The topological polar surface area (TPSA) is 75.4 Å². The number of benzene rings is 3. The number of nitrogens with two attached hydrogens (primary N) is 1. The summed E-state index contributed by atoms with van der Waals surface area (Å²) in [6.45, 7) is 0.523. The van der Waals surface area contributed by atoms with E-state index < -0.39 is 0 Å². The first-order valence-corrected chi connectivity index (χ1v) is 9.55. The standard InChI is InChI=1S/C24H25N3O2/c1-27(17-18-8-3-2-4-9-18)24(29)20-11-7-12-21(16-20)26-23(28)15-14-19-10-5-6-13-22(19)25/h2-13,16H,14-15,17,25H2,1H3,(H,26,28). The summed E-state index contributed by atoms with van der Waals surface area (Å²) in [5, 5.41) is 2.87. The smallest absolute Gasteiger partial charge is 0.253 e. The number of amides is 2. The first-order valence-electron chi connectivity index (χ1n) is 9.55. The van der Waals surface area contributed by atoms with Gasteiger partial charge in [0.15, 0.2) is 0 Å². The molecule has 148 valence electrons. The lowest BCUT2D eigenvalue weighted by molar-refractivity contribution is -0.116. The van der Waals surface area contributed by atoms with Gasteiger partial charge >= 0.3 is 0 Å². The van der Waals surface area contributed by atoms with E-state index in [1.165, 1.54) is 0 Å². The minimum atomic E-state index is -0.115. The van der Waals surface area contributed by atoms with Crippen molar-refractivity contribution >= 4 is 23.2 Å². The summed E-state index contributed by atoms with van der Waals surface area (Å²) in [5.74, 6) is -0.211. The van der Waals surface area contributed by atoms with Gasteiger partial charge in [0, 0.05) is 37.0 Å². The molecule has 0 radical (unpaired) electrons. The van der Waals surface area contributed by atoms with E-state index in [0.717, 1.165) is 11.1 Å². The highest BCUT2D eigenvalue weighted by Crippen LogP contribution is 2.16. The van der Waals surface area contributed by atoms with Crippen molar-refractivity contribution in [2.24, 2.45) is 0 Å². The summed E-state index contributed by atoms with van der Waals surface area (Å²) in [4.78, 5) is 26.7. The molecule has 3 aromatic rings. The highest BCUT2D eigenvalue weighted by atomic mass is 16.2. The molecule has 0 aliphatic carbocycles. The van der Waals surface area contributed by atoms with Crippen LogP contribution in [0.4, 0.5) is 11.4 Å². The van der Waals surface area contributed by atoms with Gasteiger partial charge in [0.2, 0.25) is 5.91 Å². The molecule has 0 bridgehead atoms. The zero-order chi connectivity index (χ0) is 20.6. The van der Waals surface area contributed by atoms with Crippen LogP contribution in [0.25, 0.3) is 0 Å². The van der Waals surface area contributed by atoms with Gasteiger partial charge < -0.3 is 16.0 Å². The third kappa shape index (κ3) is 5.69. The summed E-state index contributed by atoms with van der Waals surface area (Å²) < 4.78 is 0. The van der Waals surface area contributed by atoms with Gasteiger partial charge in [-0.05, 0) is 41.8 Å². The normalized spacial score (nSPS) is 10.4. The maximum absolute atomic E-state index is 12.7. The quantitative estimate of drug-likeness (QED) is 0.599. The predicted molar refractivity (Wildman–Crippen MR) is 116 cm³/mol. The van der Waals surface area contributed by atoms with Crippen LogP contribution in [0.15, 0.2) is 78.9 Å². The van der Waals surface area contributed by atoms with Crippen LogP contribution in [-0.4, -0.2) is 23.8 Å². The highest BCUT2D eigenvalue weighted by molar-refractivity contribution is 5.97. The summed E-state index contributed by atoms with van der Waals surface area (Å²) in [7, 11) is 1.77. The Bertz CT molecular complexity index is 986. The van der Waals surface area contributed by atoms with E-state index in [1.807, 2.05) is 54.6 Å². The number of aryl methyl sites for hydroxylation is 1. The minimum Gasteiger partial charge on any atom is -0.399 e. The molecule has 0 saturated heterocycles. The minimum absolute atomic E-state index is 0.0954. The van der Waals surface area contributed by atoms with Gasteiger partial charge in [-0.1, -0.05) is 54.6 Å². The van der Waals surface area contributed by atoms with Crippen LogP contribution in [0.1, 0.15) is 27.9 Å². The molecule has 3 N–H and O–H groups in total. The molecule has 2 amide bonds. The summed E-state index contributed by atoms with van der Waals surface area (Å²) in [6.07, 6.45) is 0.886. The number of carbonyl (C=O) groups excluding carboxylic acids is 2. The number of hydrogen-bond donors (Lipinski definition) is 2. The average Bonchev–Trinajstić information content (AvgIpc) is 2.73. The van der Waals surface area contributed by atoms with E-state index >= 15 is 0 Å². The van der Waals surface area contributed by atoms with Crippen molar-refractivity contribution in [2.75, 3.05) is 18.1 Å². The summed E-state index contributed by atoms with van der Waals surface area (Å²) >= 11 is 0. The fourth-order valence-corrected chi connectivity index (χ4v) is 3.11. The first-order chi connectivity index (χ1) is 14.0. The van der Waals surface area contributed by atoms with E-state index in [1.54, 1.807) is 36.2 Å². The Hall–Kier alpha value is -3.60. The molecular formula is C24H25N3O2. The first kappa shape index (κ1) is 20.1. The zero-order valence-electron chi connectivity index (χ0n) is 16.5. The third-order valence-electron chi connectivity index (χ3n) is 4.68. The van der Waals surface area contributed by atoms with Crippen LogP contribution < -0.4 is 11.1 Å². The Balaban J connectivity index is 1.59. The van der Waals surface area contributed by atoms with E-state index in [2.05, 4.69) is 5.32 Å². The average molecular weight is 387 g/mol. The maximum atomic E-state index is 12.7. The van der Waals surface area contributed by atoms with Crippen molar-refractivity contribution in [1.29, 1.82) is 0 Å². The number of anilines is 2. The van der Waals surface area contributed by atoms with Gasteiger partial charge in [0.1, 0.15) is 0 Å². The SMILES string of the molecule is CN(Cc1ccccc1)C(=O)c1cccc(NC(=O)CCc2ccccc2N)c1. The second-order valence-corrected chi connectivity index (χ2v) is 6.97. The number of carbonyl (C=O) groups is 2. The van der Waals surface area contributed by atoms with E-state index in [0.29, 0.717) is 36.3 Å². The molecule has 3 aromatic carbocycles. The van der Waals surface area contributed by atoms with Gasteiger partial charge in [0.05, 0.1) is 0 Å². The summed E-state index contributed by atoms with van der Waals surface area (Å²) in [5.41, 5.74) is 9.77. The molecule has 0 fully saturated rings. The number of rotatable bonds is 7. The van der Waals surface area contributed by atoms with Crippen molar-refractivity contribution in [2.45, 2.75) is 19.4 Å². The summed E-state index contributed by atoms with van der Waals surface area (Å²) in [6, 6.07) is 24.4. The lowest BCUT2D eigenvalue weighted by Crippen LogP contribution is -2.26. The molecule has 3 rings (SSSR count). The molecule has 5 nitrogen and oxygen atoms in total. The molecule has 0 saturated carbocycles. The predicted octanol–water partition coefficient (Wildman–Crippen LogP) is 4.11. The van der Waals surface area contributed by atoms with Crippen LogP contribution >= 0.6 is 0 Å². The van der Waals surface area contributed by atoms with Gasteiger partial charge in [-0.15, -0.1) is 0 Å². The molecule has 0 aromatic heterocycles. The second kappa shape index (κ2) is 9.55. The number of para-hydroxylation sites is 1. The van der Waals surface area contributed by atoms with Crippen LogP contribution in [-0.2, 0) is 17.8 Å². The van der Waals surface area contributed by atoms with Gasteiger partial charge in [-0.2, -0.15) is 0 Å². The molecule has 0 spiro atoms. The fourth-order valence-electron chi connectivity index (χ4n) is 3.11.